The van der Waals surface area contributed by atoms with Crippen molar-refractivity contribution in [1.82, 2.24) is 9.88 Å². The van der Waals surface area contributed by atoms with E-state index < -0.39 is 5.97 Å². The first-order valence-corrected chi connectivity index (χ1v) is 9.26. The molecule has 23 heavy (non-hydrogen) atoms. The molecular formula is C16H15N3O2S2. The largest absolute Gasteiger partial charge is 0.481 e. The number of rotatable bonds is 3. The SMILES string of the molecule is O=C(O)Cc1csc(/N=C2/SC[C@@H]3Cc4ccccc4CN23)n1. The Morgan fingerprint density at radius 2 is 2.22 bits per heavy atom. The molecule has 5 nitrogen and oxygen atoms in total. The number of carboxylic acid groups (broad SMARTS) is 1. The van der Waals surface area contributed by atoms with Crippen molar-refractivity contribution in [3.8, 4) is 0 Å². The first kappa shape index (κ1) is 14.7. The maximum Gasteiger partial charge on any atom is 0.309 e. The van der Waals surface area contributed by atoms with E-state index in [0.29, 0.717) is 16.9 Å². The second kappa shape index (κ2) is 5.98. The van der Waals surface area contributed by atoms with Crippen molar-refractivity contribution in [2.45, 2.75) is 25.4 Å². The fraction of sp³-hybridized carbons (Fsp3) is 0.312. The van der Waals surface area contributed by atoms with Crippen molar-refractivity contribution in [3.63, 3.8) is 0 Å². The Morgan fingerprint density at radius 1 is 1.39 bits per heavy atom. The van der Waals surface area contributed by atoms with Crippen LogP contribution in [-0.4, -0.2) is 37.9 Å². The molecule has 2 aliphatic rings. The standard InChI is InChI=1S/C16H15N3O2S2/c20-14(21)6-12-8-22-15(17-12)18-16-19-7-11-4-2-1-3-10(11)5-13(19)9-23-16/h1-4,8,13H,5-7,9H2,(H,20,21)/b18-16+/t13-/m0/s1. The summed E-state index contributed by atoms with van der Waals surface area (Å²) in [6, 6.07) is 9.07. The summed E-state index contributed by atoms with van der Waals surface area (Å²) in [5.41, 5.74) is 3.38. The van der Waals surface area contributed by atoms with E-state index in [-0.39, 0.29) is 6.42 Å². The second-order valence-corrected chi connectivity index (χ2v) is 7.48. The van der Waals surface area contributed by atoms with Crippen molar-refractivity contribution in [2.24, 2.45) is 4.99 Å². The van der Waals surface area contributed by atoms with Gasteiger partial charge in [0.1, 0.15) is 0 Å². The van der Waals surface area contributed by atoms with Gasteiger partial charge in [0.2, 0.25) is 5.13 Å². The van der Waals surface area contributed by atoms with Gasteiger partial charge < -0.3 is 10.0 Å². The molecule has 0 radical (unpaired) electrons. The van der Waals surface area contributed by atoms with E-state index in [0.717, 1.165) is 23.9 Å². The van der Waals surface area contributed by atoms with E-state index in [9.17, 15) is 4.79 Å². The van der Waals surface area contributed by atoms with E-state index in [1.807, 2.05) is 0 Å². The lowest BCUT2D eigenvalue weighted by Gasteiger charge is -2.32. The fourth-order valence-electron chi connectivity index (χ4n) is 2.98. The summed E-state index contributed by atoms with van der Waals surface area (Å²) in [5, 5.41) is 12.2. The Hall–Kier alpha value is -1.86. The zero-order valence-electron chi connectivity index (χ0n) is 12.3. The molecule has 7 heteroatoms. The number of hydrogen-bond donors (Lipinski definition) is 1. The van der Waals surface area contributed by atoms with Gasteiger partial charge in [-0.1, -0.05) is 36.0 Å². The first-order chi connectivity index (χ1) is 11.2. The molecule has 1 fully saturated rings. The first-order valence-electron chi connectivity index (χ1n) is 7.40. The quantitative estimate of drug-likeness (QED) is 0.926. The maximum absolute atomic E-state index is 10.7. The van der Waals surface area contributed by atoms with Crippen LogP contribution in [0.2, 0.25) is 0 Å². The van der Waals surface area contributed by atoms with Crippen molar-refractivity contribution in [3.05, 3.63) is 46.5 Å². The highest BCUT2D eigenvalue weighted by Gasteiger charge is 2.34. The summed E-state index contributed by atoms with van der Waals surface area (Å²) in [6.45, 7) is 0.889. The second-order valence-electron chi connectivity index (χ2n) is 5.65. The van der Waals surface area contributed by atoms with Crippen LogP contribution in [0.3, 0.4) is 0 Å². The number of thioether (sulfide) groups is 1. The summed E-state index contributed by atoms with van der Waals surface area (Å²) < 4.78 is 0. The fourth-order valence-corrected chi connectivity index (χ4v) is 4.89. The molecule has 1 aromatic carbocycles. The average Bonchev–Trinajstić information content (AvgIpc) is 3.12. The van der Waals surface area contributed by atoms with Crippen LogP contribution >= 0.6 is 23.1 Å². The zero-order valence-corrected chi connectivity index (χ0v) is 13.9. The molecule has 2 aromatic rings. The molecule has 4 rings (SSSR count). The lowest BCUT2D eigenvalue weighted by molar-refractivity contribution is -0.136. The van der Waals surface area contributed by atoms with E-state index in [1.54, 1.807) is 17.1 Å². The number of amidine groups is 1. The van der Waals surface area contributed by atoms with Crippen molar-refractivity contribution in [2.75, 3.05) is 5.75 Å². The van der Waals surface area contributed by atoms with Crippen LogP contribution in [0.25, 0.3) is 0 Å². The number of hydrogen-bond acceptors (Lipinski definition) is 5. The number of nitrogens with zero attached hydrogens (tertiary/aromatic N) is 3. The highest BCUT2D eigenvalue weighted by molar-refractivity contribution is 8.14. The number of aromatic nitrogens is 1. The van der Waals surface area contributed by atoms with Crippen LogP contribution in [0.5, 0.6) is 0 Å². The summed E-state index contributed by atoms with van der Waals surface area (Å²) in [7, 11) is 0. The number of thiazole rings is 1. The molecule has 0 amide bonds. The molecule has 3 heterocycles. The molecule has 0 unspecified atom stereocenters. The lowest BCUT2D eigenvalue weighted by atomic mass is 9.95. The van der Waals surface area contributed by atoms with Gasteiger partial charge in [0.25, 0.3) is 0 Å². The van der Waals surface area contributed by atoms with Crippen LogP contribution in [0.4, 0.5) is 5.13 Å². The molecule has 0 spiro atoms. The van der Waals surface area contributed by atoms with Crippen molar-refractivity contribution < 1.29 is 9.90 Å². The van der Waals surface area contributed by atoms with Crippen LogP contribution in [0.1, 0.15) is 16.8 Å². The number of carboxylic acids is 1. The Morgan fingerprint density at radius 3 is 3.04 bits per heavy atom. The summed E-state index contributed by atoms with van der Waals surface area (Å²) in [6.07, 6.45) is 1.01. The number of fused-ring (bicyclic) bond motifs is 2. The molecule has 1 aromatic heterocycles. The molecule has 118 valence electrons. The molecule has 0 aliphatic carbocycles. The van der Waals surface area contributed by atoms with Crippen LogP contribution in [0, 0.1) is 0 Å². The van der Waals surface area contributed by atoms with E-state index in [1.165, 1.54) is 22.5 Å². The van der Waals surface area contributed by atoms with Crippen molar-refractivity contribution >= 4 is 39.4 Å². The van der Waals surface area contributed by atoms with Gasteiger partial charge in [-0.15, -0.1) is 11.3 Å². The number of benzene rings is 1. The molecule has 0 bridgehead atoms. The van der Waals surface area contributed by atoms with Crippen LogP contribution in [0.15, 0.2) is 34.6 Å². The van der Waals surface area contributed by atoms with Gasteiger partial charge >= 0.3 is 5.97 Å². The number of aliphatic carboxylic acids is 1. The van der Waals surface area contributed by atoms with Crippen LogP contribution < -0.4 is 0 Å². The Bertz CT molecular complexity index is 787. The molecule has 1 saturated heterocycles. The molecular weight excluding hydrogens is 330 g/mol. The smallest absolute Gasteiger partial charge is 0.309 e. The molecule has 1 atom stereocenters. The highest BCUT2D eigenvalue weighted by atomic mass is 32.2. The minimum Gasteiger partial charge on any atom is -0.481 e. The minimum atomic E-state index is -0.863. The predicted molar refractivity (Wildman–Crippen MR) is 92.5 cm³/mol. The highest BCUT2D eigenvalue weighted by Crippen LogP contribution is 2.35. The number of aliphatic imine (C=N–C) groups is 1. The predicted octanol–water partition coefficient (Wildman–Crippen LogP) is 2.93. The van der Waals surface area contributed by atoms with E-state index in [2.05, 4.69) is 39.1 Å². The third-order valence-corrected chi connectivity index (χ3v) is 5.99. The average molecular weight is 345 g/mol. The van der Waals surface area contributed by atoms with Gasteiger partial charge in [0, 0.05) is 23.7 Å². The van der Waals surface area contributed by atoms with Gasteiger partial charge in [-0.3, -0.25) is 4.79 Å². The molecule has 2 aliphatic heterocycles. The zero-order chi connectivity index (χ0) is 15.8. The normalized spacial score (nSPS) is 21.3. The molecule has 1 N–H and O–H groups in total. The monoisotopic (exact) mass is 345 g/mol. The van der Waals surface area contributed by atoms with Crippen molar-refractivity contribution in [1.29, 1.82) is 0 Å². The Labute approximate surface area is 142 Å². The van der Waals surface area contributed by atoms with Gasteiger partial charge in [0.05, 0.1) is 12.1 Å². The van der Waals surface area contributed by atoms with E-state index >= 15 is 0 Å². The summed E-state index contributed by atoms with van der Waals surface area (Å²) >= 11 is 3.16. The van der Waals surface area contributed by atoms with Gasteiger partial charge in [-0.25, -0.2) is 4.98 Å². The Balaban J connectivity index is 1.56. The molecule has 0 saturated carbocycles. The number of carbonyl (C=O) groups is 1. The van der Waals surface area contributed by atoms with Gasteiger partial charge in [-0.2, -0.15) is 4.99 Å². The van der Waals surface area contributed by atoms with Crippen LogP contribution in [-0.2, 0) is 24.2 Å². The lowest BCUT2D eigenvalue weighted by Crippen LogP contribution is -2.38. The third kappa shape index (κ3) is 2.98. The van der Waals surface area contributed by atoms with E-state index in [4.69, 9.17) is 5.11 Å². The minimum absolute atomic E-state index is 0.0474. The maximum atomic E-state index is 10.7. The van der Waals surface area contributed by atoms with Gasteiger partial charge in [-0.05, 0) is 17.5 Å². The topological polar surface area (TPSA) is 65.8 Å². The van der Waals surface area contributed by atoms with Gasteiger partial charge in [0.15, 0.2) is 5.17 Å². The third-order valence-electron chi connectivity index (χ3n) is 4.07. The summed E-state index contributed by atoms with van der Waals surface area (Å²) in [5.74, 6) is 0.179. The Kier molecular flexibility index (Phi) is 3.82. The summed E-state index contributed by atoms with van der Waals surface area (Å²) in [4.78, 5) is 22.1.